The number of nitrogens with two attached hydrogens (primary N) is 1. The van der Waals surface area contributed by atoms with Crippen LogP contribution in [0.15, 0.2) is 0 Å². The summed E-state index contributed by atoms with van der Waals surface area (Å²) in [6.45, 7) is 0. The largest absolute Gasteiger partial charge is 0.480 e. The summed E-state index contributed by atoms with van der Waals surface area (Å²) < 4.78 is 0. The van der Waals surface area contributed by atoms with Gasteiger partial charge in [-0.05, 0) is 37.5 Å². The van der Waals surface area contributed by atoms with Gasteiger partial charge >= 0.3 is 5.97 Å². The molecule has 3 heteroatoms. The minimum Gasteiger partial charge on any atom is -0.480 e. The van der Waals surface area contributed by atoms with Gasteiger partial charge in [-0.15, -0.1) is 0 Å². The second-order valence-corrected chi connectivity index (χ2v) is 5.70. The van der Waals surface area contributed by atoms with Gasteiger partial charge in [-0.25, -0.2) is 0 Å². The maximum Gasteiger partial charge on any atom is 0.323 e. The Labute approximate surface area is 97.4 Å². The number of carbonyl (C=O) groups is 1. The van der Waals surface area contributed by atoms with E-state index in [4.69, 9.17) is 10.8 Å². The van der Waals surface area contributed by atoms with Crippen LogP contribution in [0.1, 0.15) is 57.8 Å². The number of carboxylic acids is 1. The molecule has 0 radical (unpaired) electrons. The molecular formula is C13H23NO2. The highest BCUT2D eigenvalue weighted by Gasteiger charge is 2.40. The van der Waals surface area contributed by atoms with Gasteiger partial charge in [0, 0.05) is 0 Å². The van der Waals surface area contributed by atoms with E-state index in [0.29, 0.717) is 12.8 Å². The van der Waals surface area contributed by atoms with Crippen molar-refractivity contribution in [3.63, 3.8) is 0 Å². The van der Waals surface area contributed by atoms with E-state index < -0.39 is 11.5 Å². The molecule has 2 saturated carbocycles. The van der Waals surface area contributed by atoms with Crippen LogP contribution in [-0.2, 0) is 4.79 Å². The molecule has 0 spiro atoms. The van der Waals surface area contributed by atoms with Gasteiger partial charge in [-0.1, -0.05) is 32.1 Å². The van der Waals surface area contributed by atoms with Crippen molar-refractivity contribution in [2.45, 2.75) is 63.3 Å². The lowest BCUT2D eigenvalue weighted by molar-refractivity contribution is -0.145. The fraction of sp³-hybridized carbons (Fsp3) is 0.923. The van der Waals surface area contributed by atoms with Crippen LogP contribution in [0.3, 0.4) is 0 Å². The van der Waals surface area contributed by atoms with Crippen LogP contribution >= 0.6 is 0 Å². The molecule has 0 heterocycles. The highest BCUT2D eigenvalue weighted by atomic mass is 16.4. The monoisotopic (exact) mass is 225 g/mol. The lowest BCUT2D eigenvalue weighted by Gasteiger charge is -2.38. The zero-order chi connectivity index (χ0) is 11.6. The van der Waals surface area contributed by atoms with Crippen molar-refractivity contribution in [2.24, 2.45) is 17.6 Å². The Morgan fingerprint density at radius 2 is 1.50 bits per heavy atom. The zero-order valence-electron chi connectivity index (χ0n) is 9.95. The molecule has 2 fully saturated rings. The van der Waals surface area contributed by atoms with Crippen LogP contribution in [0.25, 0.3) is 0 Å². The van der Waals surface area contributed by atoms with Gasteiger partial charge < -0.3 is 10.8 Å². The van der Waals surface area contributed by atoms with Crippen LogP contribution in [0, 0.1) is 11.8 Å². The molecule has 3 nitrogen and oxygen atoms in total. The molecule has 2 aliphatic rings. The first kappa shape index (κ1) is 11.9. The number of carboxylic acid groups (broad SMARTS) is 1. The molecule has 2 aliphatic carbocycles. The Balaban J connectivity index is 1.87. The SMILES string of the molecule is NC1(C(=O)O)CCC(C2CCCCC2)CC1. The second-order valence-electron chi connectivity index (χ2n) is 5.70. The van der Waals surface area contributed by atoms with Crippen LogP contribution < -0.4 is 5.73 Å². The number of hydrogen-bond acceptors (Lipinski definition) is 2. The van der Waals surface area contributed by atoms with E-state index in [2.05, 4.69) is 0 Å². The molecule has 0 aromatic rings. The Bertz CT molecular complexity index is 251. The smallest absolute Gasteiger partial charge is 0.323 e. The molecule has 0 aliphatic heterocycles. The molecule has 0 aromatic heterocycles. The highest BCUT2D eigenvalue weighted by molar-refractivity contribution is 5.78. The summed E-state index contributed by atoms with van der Waals surface area (Å²) in [6, 6.07) is 0. The zero-order valence-corrected chi connectivity index (χ0v) is 9.95. The van der Waals surface area contributed by atoms with Crippen molar-refractivity contribution in [3.05, 3.63) is 0 Å². The van der Waals surface area contributed by atoms with Crippen LogP contribution in [0.2, 0.25) is 0 Å². The van der Waals surface area contributed by atoms with Gasteiger partial charge in [0.25, 0.3) is 0 Å². The van der Waals surface area contributed by atoms with Crippen molar-refractivity contribution in [2.75, 3.05) is 0 Å². The molecule has 2 rings (SSSR count). The second kappa shape index (κ2) is 4.74. The summed E-state index contributed by atoms with van der Waals surface area (Å²) in [6.07, 6.45) is 10.2. The first-order chi connectivity index (χ1) is 7.62. The predicted octanol–water partition coefficient (Wildman–Crippen LogP) is 2.54. The lowest BCUT2D eigenvalue weighted by atomic mass is 9.69. The minimum atomic E-state index is -0.925. The maximum atomic E-state index is 11.0. The predicted molar refractivity (Wildman–Crippen MR) is 63.1 cm³/mol. The van der Waals surface area contributed by atoms with Crippen LogP contribution in [-0.4, -0.2) is 16.6 Å². The third-order valence-corrected chi connectivity index (χ3v) is 4.66. The van der Waals surface area contributed by atoms with Crippen molar-refractivity contribution in [1.29, 1.82) is 0 Å². The molecule has 0 bridgehead atoms. The molecule has 0 saturated heterocycles. The van der Waals surface area contributed by atoms with Gasteiger partial charge in [0.1, 0.15) is 5.54 Å². The van der Waals surface area contributed by atoms with Crippen molar-refractivity contribution >= 4 is 5.97 Å². The fourth-order valence-corrected chi connectivity index (χ4v) is 3.45. The van der Waals surface area contributed by atoms with E-state index in [1.807, 2.05) is 0 Å². The maximum absolute atomic E-state index is 11.0. The average molecular weight is 225 g/mol. The molecule has 0 unspecified atom stereocenters. The summed E-state index contributed by atoms with van der Waals surface area (Å²) >= 11 is 0. The van der Waals surface area contributed by atoms with Crippen LogP contribution in [0.5, 0.6) is 0 Å². The molecule has 0 atom stereocenters. The van der Waals surface area contributed by atoms with Crippen molar-refractivity contribution < 1.29 is 9.90 Å². The lowest BCUT2D eigenvalue weighted by Crippen LogP contribution is -2.51. The van der Waals surface area contributed by atoms with E-state index in [9.17, 15) is 4.79 Å². The van der Waals surface area contributed by atoms with Gasteiger partial charge in [0.05, 0.1) is 0 Å². The summed E-state index contributed by atoms with van der Waals surface area (Å²) in [5.74, 6) is 0.790. The quantitative estimate of drug-likeness (QED) is 0.759. The van der Waals surface area contributed by atoms with E-state index in [-0.39, 0.29) is 0 Å². The molecule has 0 aromatic carbocycles. The summed E-state index contributed by atoms with van der Waals surface area (Å²) in [4.78, 5) is 11.0. The Morgan fingerprint density at radius 3 is 2.00 bits per heavy atom. The fourth-order valence-electron chi connectivity index (χ4n) is 3.45. The van der Waals surface area contributed by atoms with Gasteiger partial charge in [-0.2, -0.15) is 0 Å². The van der Waals surface area contributed by atoms with E-state index in [1.165, 1.54) is 32.1 Å². The Kier molecular flexibility index (Phi) is 3.53. The topological polar surface area (TPSA) is 63.3 Å². The molecule has 92 valence electrons. The molecular weight excluding hydrogens is 202 g/mol. The number of aliphatic carboxylic acids is 1. The first-order valence-electron chi connectivity index (χ1n) is 6.64. The van der Waals surface area contributed by atoms with E-state index in [0.717, 1.165) is 24.7 Å². The van der Waals surface area contributed by atoms with Crippen molar-refractivity contribution in [3.8, 4) is 0 Å². The van der Waals surface area contributed by atoms with E-state index in [1.54, 1.807) is 0 Å². The highest BCUT2D eigenvalue weighted by Crippen LogP contribution is 2.40. The standard InChI is InChI=1S/C13H23NO2/c14-13(12(15)16)8-6-11(7-9-13)10-4-2-1-3-5-10/h10-11H,1-9,14H2,(H,15,16). The molecule has 0 amide bonds. The minimum absolute atomic E-state index is 0.670. The van der Waals surface area contributed by atoms with Crippen LogP contribution in [0.4, 0.5) is 0 Å². The first-order valence-corrected chi connectivity index (χ1v) is 6.64. The molecule has 3 N–H and O–H groups in total. The average Bonchev–Trinajstić information content (AvgIpc) is 2.31. The number of hydrogen-bond donors (Lipinski definition) is 2. The van der Waals surface area contributed by atoms with Crippen molar-refractivity contribution in [1.82, 2.24) is 0 Å². The normalized spacial score (nSPS) is 37.2. The summed E-state index contributed by atoms with van der Waals surface area (Å²) in [5, 5.41) is 9.07. The Morgan fingerprint density at radius 1 is 1.00 bits per heavy atom. The van der Waals surface area contributed by atoms with Gasteiger partial charge in [0.15, 0.2) is 0 Å². The Hall–Kier alpha value is -0.570. The van der Waals surface area contributed by atoms with E-state index >= 15 is 0 Å². The summed E-state index contributed by atoms with van der Waals surface area (Å²) in [5.41, 5.74) is 4.97. The van der Waals surface area contributed by atoms with Gasteiger partial charge in [-0.3, -0.25) is 4.79 Å². The third kappa shape index (κ3) is 2.40. The summed E-state index contributed by atoms with van der Waals surface area (Å²) in [7, 11) is 0. The van der Waals surface area contributed by atoms with Gasteiger partial charge in [0.2, 0.25) is 0 Å². The number of rotatable bonds is 2. The third-order valence-electron chi connectivity index (χ3n) is 4.66. The molecule has 16 heavy (non-hydrogen) atoms.